The van der Waals surface area contributed by atoms with Crippen molar-refractivity contribution in [2.75, 3.05) is 0 Å². The van der Waals surface area contributed by atoms with Gasteiger partial charge in [-0.3, -0.25) is 4.79 Å². The summed E-state index contributed by atoms with van der Waals surface area (Å²) in [5.41, 5.74) is 1.30. The third-order valence-electron chi connectivity index (χ3n) is 3.76. The van der Waals surface area contributed by atoms with Crippen LogP contribution in [0.15, 0.2) is 59.4 Å². The molecule has 0 saturated carbocycles. The second kappa shape index (κ2) is 7.05. The summed E-state index contributed by atoms with van der Waals surface area (Å²) in [6.07, 6.45) is -0.0494. The molecule has 0 spiro atoms. The number of nitriles is 1. The Morgan fingerprint density at radius 1 is 1.00 bits per heavy atom. The van der Waals surface area contributed by atoms with Gasteiger partial charge in [0.05, 0.1) is 23.9 Å². The van der Waals surface area contributed by atoms with Crippen molar-refractivity contribution in [3.8, 4) is 6.07 Å². The Morgan fingerprint density at radius 2 is 1.68 bits per heavy atom. The molecule has 3 rings (SSSR count). The summed E-state index contributed by atoms with van der Waals surface area (Å²) < 4.78 is 28.8. The SMILES string of the molecule is N#Cc1ccc(Cn2nc(Cc3c(F)cccc3F)ccc2=O)cc1. The van der Waals surface area contributed by atoms with E-state index in [4.69, 9.17) is 5.26 Å². The van der Waals surface area contributed by atoms with Gasteiger partial charge in [-0.15, -0.1) is 0 Å². The number of hydrogen-bond acceptors (Lipinski definition) is 3. The Bertz CT molecular complexity index is 984. The molecule has 0 aliphatic carbocycles. The first-order valence-electron chi connectivity index (χ1n) is 7.56. The maximum atomic E-state index is 13.8. The van der Waals surface area contributed by atoms with Gasteiger partial charge in [0.1, 0.15) is 11.6 Å². The molecular weight excluding hydrogens is 324 g/mol. The highest BCUT2D eigenvalue weighted by Gasteiger charge is 2.11. The van der Waals surface area contributed by atoms with E-state index in [0.29, 0.717) is 11.3 Å². The van der Waals surface area contributed by atoms with Crippen molar-refractivity contribution in [3.05, 3.63) is 99.0 Å². The summed E-state index contributed by atoms with van der Waals surface area (Å²) >= 11 is 0. The lowest BCUT2D eigenvalue weighted by Gasteiger charge is -2.08. The molecule has 0 aliphatic heterocycles. The summed E-state index contributed by atoms with van der Waals surface area (Å²) in [4.78, 5) is 12.0. The van der Waals surface area contributed by atoms with Crippen molar-refractivity contribution in [1.82, 2.24) is 9.78 Å². The predicted octanol–water partition coefficient (Wildman–Crippen LogP) is 3.03. The van der Waals surface area contributed by atoms with Gasteiger partial charge >= 0.3 is 0 Å². The van der Waals surface area contributed by atoms with Crippen molar-refractivity contribution < 1.29 is 8.78 Å². The zero-order chi connectivity index (χ0) is 17.8. The molecule has 0 radical (unpaired) electrons. The van der Waals surface area contributed by atoms with Gasteiger partial charge in [-0.2, -0.15) is 10.4 Å². The van der Waals surface area contributed by atoms with E-state index >= 15 is 0 Å². The molecule has 1 heterocycles. The second-order valence-corrected chi connectivity index (χ2v) is 5.51. The van der Waals surface area contributed by atoms with Crippen LogP contribution in [0, 0.1) is 23.0 Å². The van der Waals surface area contributed by atoms with Crippen molar-refractivity contribution in [2.24, 2.45) is 0 Å². The van der Waals surface area contributed by atoms with Crippen LogP contribution in [0.5, 0.6) is 0 Å². The number of aromatic nitrogens is 2. The van der Waals surface area contributed by atoms with Crippen LogP contribution in [-0.2, 0) is 13.0 Å². The van der Waals surface area contributed by atoms with Crippen LogP contribution in [-0.4, -0.2) is 9.78 Å². The van der Waals surface area contributed by atoms with E-state index in [-0.39, 0.29) is 24.1 Å². The average molecular weight is 337 g/mol. The monoisotopic (exact) mass is 337 g/mol. The fourth-order valence-electron chi connectivity index (χ4n) is 2.44. The van der Waals surface area contributed by atoms with E-state index in [0.717, 1.165) is 5.56 Å². The van der Waals surface area contributed by atoms with Crippen molar-refractivity contribution in [1.29, 1.82) is 5.26 Å². The molecule has 25 heavy (non-hydrogen) atoms. The molecule has 0 amide bonds. The summed E-state index contributed by atoms with van der Waals surface area (Å²) in [7, 11) is 0. The van der Waals surface area contributed by atoms with Crippen LogP contribution in [0.4, 0.5) is 8.78 Å². The molecule has 0 aliphatic rings. The fraction of sp³-hybridized carbons (Fsp3) is 0.105. The van der Waals surface area contributed by atoms with Crippen molar-refractivity contribution in [2.45, 2.75) is 13.0 Å². The molecule has 0 fully saturated rings. The molecule has 1 aromatic heterocycles. The van der Waals surface area contributed by atoms with E-state index in [1.807, 2.05) is 6.07 Å². The van der Waals surface area contributed by atoms with Gasteiger partial charge in [-0.1, -0.05) is 18.2 Å². The number of benzene rings is 2. The zero-order valence-corrected chi connectivity index (χ0v) is 13.1. The second-order valence-electron chi connectivity index (χ2n) is 5.51. The van der Waals surface area contributed by atoms with Crippen LogP contribution >= 0.6 is 0 Å². The zero-order valence-electron chi connectivity index (χ0n) is 13.1. The molecular formula is C19H13F2N3O. The van der Waals surface area contributed by atoms with Gasteiger partial charge in [0, 0.05) is 18.1 Å². The lowest BCUT2D eigenvalue weighted by Crippen LogP contribution is -2.23. The Labute approximate surface area is 142 Å². The van der Waals surface area contributed by atoms with E-state index in [1.54, 1.807) is 24.3 Å². The largest absolute Gasteiger partial charge is 0.268 e. The first kappa shape index (κ1) is 16.5. The third-order valence-corrected chi connectivity index (χ3v) is 3.76. The average Bonchev–Trinajstić information content (AvgIpc) is 2.61. The fourth-order valence-corrected chi connectivity index (χ4v) is 2.44. The standard InChI is InChI=1S/C19H13F2N3O/c20-17-2-1-3-18(21)16(17)10-15-8-9-19(25)24(23-15)12-14-6-4-13(11-22)5-7-14/h1-9H,10,12H2. The minimum atomic E-state index is -0.647. The molecule has 6 heteroatoms. The Kier molecular flexibility index (Phi) is 4.66. The Hall–Kier alpha value is -3.33. The van der Waals surface area contributed by atoms with Gasteiger partial charge in [0.25, 0.3) is 5.56 Å². The minimum absolute atomic E-state index is 0.0494. The molecule has 0 atom stereocenters. The molecule has 0 N–H and O–H groups in total. The van der Waals surface area contributed by atoms with E-state index in [9.17, 15) is 13.6 Å². The normalized spacial score (nSPS) is 10.4. The molecule has 2 aromatic carbocycles. The van der Waals surface area contributed by atoms with Gasteiger partial charge in [-0.25, -0.2) is 13.5 Å². The molecule has 0 unspecified atom stereocenters. The molecule has 124 valence electrons. The summed E-state index contributed by atoms with van der Waals surface area (Å²) in [6.45, 7) is 0.206. The topological polar surface area (TPSA) is 58.7 Å². The Balaban J connectivity index is 1.87. The highest BCUT2D eigenvalue weighted by molar-refractivity contribution is 5.31. The van der Waals surface area contributed by atoms with Crippen LogP contribution in [0.2, 0.25) is 0 Å². The quantitative estimate of drug-likeness (QED) is 0.735. The van der Waals surface area contributed by atoms with Gasteiger partial charge in [-0.05, 0) is 35.9 Å². The minimum Gasteiger partial charge on any atom is -0.268 e. The first-order chi connectivity index (χ1) is 12.1. The van der Waals surface area contributed by atoms with Crippen LogP contribution in [0.1, 0.15) is 22.4 Å². The van der Waals surface area contributed by atoms with Crippen LogP contribution < -0.4 is 5.56 Å². The van der Waals surface area contributed by atoms with E-state index in [1.165, 1.54) is 35.0 Å². The lowest BCUT2D eigenvalue weighted by molar-refractivity contribution is 0.555. The number of hydrogen-bond donors (Lipinski definition) is 0. The molecule has 3 aromatic rings. The number of halogens is 2. The third kappa shape index (κ3) is 3.78. The van der Waals surface area contributed by atoms with Crippen molar-refractivity contribution >= 4 is 0 Å². The summed E-state index contributed by atoms with van der Waals surface area (Å²) in [5.74, 6) is -1.29. The smallest absolute Gasteiger partial charge is 0.267 e. The molecule has 0 saturated heterocycles. The maximum absolute atomic E-state index is 13.8. The van der Waals surface area contributed by atoms with Crippen LogP contribution in [0.25, 0.3) is 0 Å². The van der Waals surface area contributed by atoms with Gasteiger partial charge in [0.2, 0.25) is 0 Å². The van der Waals surface area contributed by atoms with E-state index < -0.39 is 11.6 Å². The van der Waals surface area contributed by atoms with Crippen LogP contribution in [0.3, 0.4) is 0 Å². The van der Waals surface area contributed by atoms with Gasteiger partial charge in [0.15, 0.2) is 0 Å². The highest BCUT2D eigenvalue weighted by atomic mass is 19.1. The number of nitrogens with zero attached hydrogens (tertiary/aromatic N) is 3. The predicted molar refractivity (Wildman–Crippen MR) is 87.9 cm³/mol. The van der Waals surface area contributed by atoms with Crippen molar-refractivity contribution in [3.63, 3.8) is 0 Å². The molecule has 0 bridgehead atoms. The first-order valence-corrected chi connectivity index (χ1v) is 7.56. The summed E-state index contributed by atoms with van der Waals surface area (Å²) in [5, 5.41) is 13.0. The Morgan fingerprint density at radius 3 is 2.32 bits per heavy atom. The van der Waals surface area contributed by atoms with Gasteiger partial charge < -0.3 is 0 Å². The summed E-state index contributed by atoms with van der Waals surface area (Å²) in [6, 6.07) is 15.2. The van der Waals surface area contributed by atoms with E-state index in [2.05, 4.69) is 5.10 Å². The highest BCUT2D eigenvalue weighted by Crippen LogP contribution is 2.15. The maximum Gasteiger partial charge on any atom is 0.267 e. The number of rotatable bonds is 4. The molecule has 4 nitrogen and oxygen atoms in total. The lowest BCUT2D eigenvalue weighted by atomic mass is 10.1.